The molecule has 1 aromatic heterocycles. The van der Waals surface area contributed by atoms with Gasteiger partial charge in [0.1, 0.15) is 11.3 Å². The van der Waals surface area contributed by atoms with Crippen LogP contribution in [0.1, 0.15) is 12.5 Å². The van der Waals surface area contributed by atoms with Gasteiger partial charge in [-0.2, -0.15) is 0 Å². The van der Waals surface area contributed by atoms with E-state index in [4.69, 9.17) is 0 Å². The average Bonchev–Trinajstić information content (AvgIpc) is 2.90. The van der Waals surface area contributed by atoms with Crippen molar-refractivity contribution in [3.8, 4) is 0 Å². The zero-order valence-electron chi connectivity index (χ0n) is 9.91. The molecule has 96 valence electrons. The second-order valence-corrected chi connectivity index (χ2v) is 4.61. The van der Waals surface area contributed by atoms with E-state index in [1.807, 2.05) is 0 Å². The Hall–Kier alpha value is -1.69. The lowest BCUT2D eigenvalue weighted by Crippen LogP contribution is -2.27. The number of fused-ring (bicyclic) bond motifs is 1. The molecule has 0 spiro atoms. The maximum absolute atomic E-state index is 13.9. The summed E-state index contributed by atoms with van der Waals surface area (Å²) >= 11 is 0. The Labute approximate surface area is 102 Å². The van der Waals surface area contributed by atoms with Gasteiger partial charge in [0.25, 0.3) is 0 Å². The predicted molar refractivity (Wildman–Crippen MR) is 63.6 cm³/mol. The number of aromatic nitrogens is 2. The molecule has 0 saturated carbocycles. The average molecular weight is 253 g/mol. The maximum atomic E-state index is 13.9. The first-order valence-electron chi connectivity index (χ1n) is 5.86. The summed E-state index contributed by atoms with van der Waals surface area (Å²) in [5.41, 5.74) is 0.185. The standard InChI is InChI=1S/C12H13F2N3O/c1-16-10-5-7(13)4-9(14)11(10)17(12(16)18)8-2-3-15-6-8/h4-5,8,15H,2-3,6H2,1H3. The molecule has 2 aromatic rings. The number of halogens is 2. The van der Waals surface area contributed by atoms with Gasteiger partial charge in [0, 0.05) is 19.7 Å². The number of imidazole rings is 1. The first-order chi connectivity index (χ1) is 8.59. The number of hydrogen-bond donors (Lipinski definition) is 1. The van der Waals surface area contributed by atoms with Crippen LogP contribution >= 0.6 is 0 Å². The van der Waals surface area contributed by atoms with Crippen LogP contribution < -0.4 is 11.0 Å². The minimum atomic E-state index is -0.686. The Morgan fingerprint density at radius 1 is 1.39 bits per heavy atom. The van der Waals surface area contributed by atoms with E-state index in [0.29, 0.717) is 12.1 Å². The van der Waals surface area contributed by atoms with Gasteiger partial charge >= 0.3 is 5.69 Å². The van der Waals surface area contributed by atoms with E-state index in [-0.39, 0.29) is 17.2 Å². The summed E-state index contributed by atoms with van der Waals surface area (Å²) in [6, 6.07) is 1.94. The summed E-state index contributed by atoms with van der Waals surface area (Å²) in [7, 11) is 1.53. The number of aryl methyl sites for hydroxylation is 1. The molecule has 1 saturated heterocycles. The molecule has 0 amide bonds. The van der Waals surface area contributed by atoms with Gasteiger partial charge in [-0.15, -0.1) is 0 Å². The van der Waals surface area contributed by atoms with Crippen LogP contribution in [0.4, 0.5) is 8.78 Å². The van der Waals surface area contributed by atoms with Crippen LogP contribution in [0.5, 0.6) is 0 Å². The van der Waals surface area contributed by atoms with Crippen molar-refractivity contribution in [2.24, 2.45) is 7.05 Å². The molecule has 1 aliphatic heterocycles. The van der Waals surface area contributed by atoms with E-state index in [1.54, 1.807) is 0 Å². The molecule has 18 heavy (non-hydrogen) atoms. The fourth-order valence-electron chi connectivity index (χ4n) is 2.61. The summed E-state index contributed by atoms with van der Waals surface area (Å²) in [6.07, 6.45) is 0.774. The van der Waals surface area contributed by atoms with E-state index in [9.17, 15) is 13.6 Å². The molecule has 4 nitrogen and oxygen atoms in total. The van der Waals surface area contributed by atoms with Gasteiger partial charge in [-0.1, -0.05) is 0 Å². The van der Waals surface area contributed by atoms with E-state index < -0.39 is 11.6 Å². The molecule has 1 atom stereocenters. The molecule has 1 N–H and O–H groups in total. The SMILES string of the molecule is Cn1c(=O)n(C2CCNC2)c2c(F)cc(F)cc21. The zero-order valence-corrected chi connectivity index (χ0v) is 9.91. The minimum absolute atomic E-state index is 0.0684. The van der Waals surface area contributed by atoms with Gasteiger partial charge in [-0.05, 0) is 19.0 Å². The van der Waals surface area contributed by atoms with E-state index in [2.05, 4.69) is 5.32 Å². The normalized spacial score (nSPS) is 19.8. The number of nitrogens with zero attached hydrogens (tertiary/aromatic N) is 2. The van der Waals surface area contributed by atoms with Gasteiger partial charge in [-0.3, -0.25) is 9.13 Å². The Kier molecular flexibility index (Phi) is 2.48. The highest BCUT2D eigenvalue weighted by Gasteiger charge is 2.24. The summed E-state index contributed by atoms with van der Waals surface area (Å²) in [6.45, 7) is 1.44. The maximum Gasteiger partial charge on any atom is 0.329 e. The second-order valence-electron chi connectivity index (χ2n) is 4.61. The lowest BCUT2D eigenvalue weighted by molar-refractivity contribution is 0.523. The van der Waals surface area contributed by atoms with Crippen LogP contribution in [0, 0.1) is 11.6 Å². The quantitative estimate of drug-likeness (QED) is 0.828. The molecule has 3 rings (SSSR count). The van der Waals surface area contributed by atoms with Crippen molar-refractivity contribution in [3.05, 3.63) is 34.3 Å². The van der Waals surface area contributed by atoms with Crippen molar-refractivity contribution in [2.75, 3.05) is 13.1 Å². The molecule has 2 heterocycles. The highest BCUT2D eigenvalue weighted by atomic mass is 19.1. The van der Waals surface area contributed by atoms with Gasteiger partial charge < -0.3 is 5.32 Å². The predicted octanol–water partition coefficient (Wildman–Crippen LogP) is 1.15. The van der Waals surface area contributed by atoms with Crippen LogP contribution in [-0.2, 0) is 7.05 Å². The molecule has 0 radical (unpaired) electrons. The Morgan fingerprint density at radius 2 is 2.17 bits per heavy atom. The lowest BCUT2D eigenvalue weighted by Gasteiger charge is -2.10. The molecule has 1 fully saturated rings. The topological polar surface area (TPSA) is 39.0 Å². The van der Waals surface area contributed by atoms with E-state index >= 15 is 0 Å². The number of hydrogen-bond acceptors (Lipinski definition) is 2. The van der Waals surface area contributed by atoms with E-state index in [1.165, 1.54) is 22.2 Å². The van der Waals surface area contributed by atoms with Gasteiger partial charge in [0.05, 0.1) is 11.6 Å². The van der Waals surface area contributed by atoms with Crippen LogP contribution in [0.15, 0.2) is 16.9 Å². The van der Waals surface area contributed by atoms with Gasteiger partial charge in [-0.25, -0.2) is 13.6 Å². The summed E-state index contributed by atoms with van der Waals surface area (Å²) in [5, 5.41) is 3.14. The molecule has 1 aliphatic rings. The first kappa shape index (κ1) is 11.4. The highest BCUT2D eigenvalue weighted by Crippen LogP contribution is 2.24. The van der Waals surface area contributed by atoms with Crippen LogP contribution in [0.3, 0.4) is 0 Å². The van der Waals surface area contributed by atoms with Gasteiger partial charge in [0.2, 0.25) is 0 Å². The van der Waals surface area contributed by atoms with E-state index in [0.717, 1.165) is 19.0 Å². The third-order valence-corrected chi connectivity index (χ3v) is 3.50. The number of nitrogens with one attached hydrogen (secondary N) is 1. The van der Waals surface area contributed by atoms with Crippen molar-refractivity contribution >= 4 is 11.0 Å². The molecule has 0 aliphatic carbocycles. The molecular formula is C12H13F2N3O. The first-order valence-corrected chi connectivity index (χ1v) is 5.86. The highest BCUT2D eigenvalue weighted by molar-refractivity contribution is 5.77. The Balaban J connectivity index is 2.37. The van der Waals surface area contributed by atoms with Crippen LogP contribution in [0.2, 0.25) is 0 Å². The molecule has 6 heteroatoms. The zero-order chi connectivity index (χ0) is 12.9. The largest absolute Gasteiger partial charge is 0.329 e. The Bertz CT molecular complexity index is 668. The molecule has 0 bridgehead atoms. The summed E-state index contributed by atoms with van der Waals surface area (Å²) < 4.78 is 29.9. The lowest BCUT2D eigenvalue weighted by atomic mass is 10.2. The third kappa shape index (κ3) is 1.49. The Morgan fingerprint density at radius 3 is 2.83 bits per heavy atom. The number of benzene rings is 1. The fraction of sp³-hybridized carbons (Fsp3) is 0.417. The van der Waals surface area contributed by atoms with Crippen LogP contribution in [-0.4, -0.2) is 22.2 Å². The second kappa shape index (κ2) is 3.91. The number of rotatable bonds is 1. The fourth-order valence-corrected chi connectivity index (χ4v) is 2.61. The molecular weight excluding hydrogens is 240 g/mol. The van der Waals surface area contributed by atoms with Crippen LogP contribution in [0.25, 0.3) is 11.0 Å². The summed E-state index contributed by atoms with van der Waals surface area (Å²) in [4.78, 5) is 12.1. The van der Waals surface area contributed by atoms with Crippen molar-refractivity contribution in [1.29, 1.82) is 0 Å². The van der Waals surface area contributed by atoms with Crippen molar-refractivity contribution < 1.29 is 8.78 Å². The molecule has 1 unspecified atom stereocenters. The van der Waals surface area contributed by atoms with Gasteiger partial charge in [0.15, 0.2) is 5.82 Å². The smallest absolute Gasteiger partial charge is 0.315 e. The molecule has 1 aromatic carbocycles. The monoisotopic (exact) mass is 253 g/mol. The summed E-state index contributed by atoms with van der Waals surface area (Å²) in [5.74, 6) is -1.35. The van der Waals surface area contributed by atoms with Crippen molar-refractivity contribution in [1.82, 2.24) is 14.5 Å². The minimum Gasteiger partial charge on any atom is -0.315 e. The third-order valence-electron chi connectivity index (χ3n) is 3.50. The van der Waals surface area contributed by atoms with Crippen molar-refractivity contribution in [3.63, 3.8) is 0 Å². The van der Waals surface area contributed by atoms with Crippen molar-refractivity contribution in [2.45, 2.75) is 12.5 Å².